The van der Waals surface area contributed by atoms with E-state index in [1.54, 1.807) is 12.1 Å². The first kappa shape index (κ1) is 22.8. The van der Waals surface area contributed by atoms with Crippen LogP contribution in [0.15, 0.2) is 66.2 Å². The van der Waals surface area contributed by atoms with Gasteiger partial charge in [0, 0.05) is 12.1 Å². The average Bonchev–Trinajstić information content (AvgIpc) is 2.76. The molecule has 0 saturated heterocycles. The summed E-state index contributed by atoms with van der Waals surface area (Å²) in [4.78, 5) is 12.7. The number of ether oxygens (including phenoxy) is 1. The highest BCUT2D eigenvalue weighted by Crippen LogP contribution is 2.25. The van der Waals surface area contributed by atoms with Gasteiger partial charge >= 0.3 is 0 Å². The highest BCUT2D eigenvalue weighted by atomic mass is 19.1. The summed E-state index contributed by atoms with van der Waals surface area (Å²) in [5.41, 5.74) is 5.08. The first-order valence-corrected chi connectivity index (χ1v) is 10.4. The quantitative estimate of drug-likeness (QED) is 0.372. The summed E-state index contributed by atoms with van der Waals surface area (Å²) in [7, 11) is 0. The molecule has 0 aromatic heterocycles. The van der Waals surface area contributed by atoms with E-state index in [0.717, 1.165) is 22.3 Å². The summed E-state index contributed by atoms with van der Waals surface area (Å²) in [5, 5.41) is 12.4. The lowest BCUT2D eigenvalue weighted by atomic mass is 10.0. The zero-order valence-corrected chi connectivity index (χ0v) is 18.4. The third kappa shape index (κ3) is 5.83. The maximum absolute atomic E-state index is 13.5. The first-order valence-electron chi connectivity index (χ1n) is 10.4. The van der Waals surface area contributed by atoms with Gasteiger partial charge in [-0.3, -0.25) is 4.79 Å². The summed E-state index contributed by atoms with van der Waals surface area (Å²) in [5.74, 6) is -0.118. The number of nitriles is 1. The Hall–Kier alpha value is -3.91. The number of carbonyl (C=O) groups excluding carboxylic acids is 1. The van der Waals surface area contributed by atoms with Gasteiger partial charge in [0.1, 0.15) is 23.2 Å². The number of amides is 1. The lowest BCUT2D eigenvalue weighted by molar-refractivity contribution is -0.112. The third-order valence-corrected chi connectivity index (χ3v) is 4.98. The van der Waals surface area contributed by atoms with Gasteiger partial charge in [0.15, 0.2) is 0 Å². The van der Waals surface area contributed by atoms with Crippen LogP contribution in [0, 0.1) is 31.0 Å². The zero-order valence-electron chi connectivity index (χ0n) is 18.4. The molecular weight excluding hydrogens is 403 g/mol. The lowest BCUT2D eigenvalue weighted by Crippen LogP contribution is -2.14. The molecule has 162 valence electrons. The van der Waals surface area contributed by atoms with Gasteiger partial charge < -0.3 is 10.1 Å². The predicted octanol–water partition coefficient (Wildman–Crippen LogP) is 5.98. The molecule has 0 radical (unpaired) electrons. The third-order valence-electron chi connectivity index (χ3n) is 4.98. The number of halogens is 1. The fraction of sp³-hybridized carbons (Fsp3) is 0.185. The monoisotopic (exact) mass is 428 g/mol. The van der Waals surface area contributed by atoms with Crippen LogP contribution in [-0.4, -0.2) is 12.5 Å². The van der Waals surface area contributed by atoms with Crippen molar-refractivity contribution in [2.24, 2.45) is 0 Å². The van der Waals surface area contributed by atoms with E-state index in [0.29, 0.717) is 30.0 Å². The van der Waals surface area contributed by atoms with Crippen LogP contribution in [0.5, 0.6) is 5.75 Å². The number of nitrogens with zero attached hydrogens (tertiary/aromatic N) is 1. The predicted molar refractivity (Wildman–Crippen MR) is 125 cm³/mol. The van der Waals surface area contributed by atoms with E-state index >= 15 is 0 Å². The molecule has 5 heteroatoms. The number of nitrogens with one attached hydrogen (secondary N) is 1. The standard InChI is InChI=1S/C27H25FN2O2/c1-4-32-26-16-21(9-10-22(26)13-20-6-5-7-24(28)15-20)14-23(17-29)27(31)30-25-11-8-18(2)12-19(25)3/h5-12,14-16H,4,13H2,1-3H3,(H,30,31)/b23-14+. The highest BCUT2D eigenvalue weighted by Gasteiger charge is 2.12. The summed E-state index contributed by atoms with van der Waals surface area (Å²) in [6.07, 6.45) is 2.04. The van der Waals surface area contributed by atoms with Gasteiger partial charge in [0.25, 0.3) is 5.91 Å². The van der Waals surface area contributed by atoms with E-state index in [2.05, 4.69) is 5.32 Å². The lowest BCUT2D eigenvalue weighted by Gasteiger charge is -2.12. The van der Waals surface area contributed by atoms with E-state index in [9.17, 15) is 14.4 Å². The SMILES string of the molecule is CCOc1cc(/C=C(\C#N)C(=O)Nc2ccc(C)cc2C)ccc1Cc1cccc(F)c1. The molecular formula is C27H25FN2O2. The van der Waals surface area contributed by atoms with Gasteiger partial charge in [-0.25, -0.2) is 4.39 Å². The Morgan fingerprint density at radius 2 is 1.94 bits per heavy atom. The minimum absolute atomic E-state index is 0.00898. The second-order valence-electron chi connectivity index (χ2n) is 7.55. The van der Waals surface area contributed by atoms with Gasteiger partial charge in [0.2, 0.25) is 0 Å². The molecule has 0 unspecified atom stereocenters. The smallest absolute Gasteiger partial charge is 0.266 e. The van der Waals surface area contributed by atoms with Crippen molar-refractivity contribution in [2.75, 3.05) is 11.9 Å². The summed E-state index contributed by atoms with van der Waals surface area (Å²) >= 11 is 0. The molecule has 3 rings (SSSR count). The van der Waals surface area contributed by atoms with Crippen LogP contribution in [0.4, 0.5) is 10.1 Å². The Morgan fingerprint density at radius 3 is 2.62 bits per heavy atom. The topological polar surface area (TPSA) is 62.1 Å². The number of rotatable bonds is 7. The summed E-state index contributed by atoms with van der Waals surface area (Å²) in [6, 6.07) is 19.6. The number of carbonyl (C=O) groups is 1. The Kier molecular flexibility index (Phi) is 7.41. The molecule has 0 heterocycles. The van der Waals surface area contributed by atoms with E-state index in [4.69, 9.17) is 4.74 Å². The molecule has 1 amide bonds. The molecule has 0 aliphatic carbocycles. The molecule has 0 fully saturated rings. The van der Waals surface area contributed by atoms with Gasteiger partial charge in [-0.2, -0.15) is 5.26 Å². The normalized spacial score (nSPS) is 11.0. The van der Waals surface area contributed by atoms with Crippen molar-refractivity contribution in [3.63, 3.8) is 0 Å². The molecule has 0 aliphatic heterocycles. The Bertz CT molecular complexity index is 1210. The first-order chi connectivity index (χ1) is 15.4. The van der Waals surface area contributed by atoms with E-state index < -0.39 is 5.91 Å². The number of hydrogen-bond acceptors (Lipinski definition) is 3. The van der Waals surface area contributed by atoms with Gasteiger partial charge in [-0.1, -0.05) is 42.0 Å². The van der Waals surface area contributed by atoms with Crippen molar-refractivity contribution in [1.82, 2.24) is 0 Å². The minimum Gasteiger partial charge on any atom is -0.494 e. The molecule has 1 N–H and O–H groups in total. The molecule has 0 spiro atoms. The number of benzene rings is 3. The fourth-order valence-corrected chi connectivity index (χ4v) is 3.42. The fourth-order valence-electron chi connectivity index (χ4n) is 3.42. The van der Waals surface area contributed by atoms with Gasteiger partial charge in [-0.15, -0.1) is 0 Å². The van der Waals surface area contributed by atoms with Crippen LogP contribution in [-0.2, 0) is 11.2 Å². The van der Waals surface area contributed by atoms with Crippen molar-refractivity contribution in [2.45, 2.75) is 27.2 Å². The van der Waals surface area contributed by atoms with Crippen LogP contribution >= 0.6 is 0 Å². The molecule has 0 atom stereocenters. The molecule has 32 heavy (non-hydrogen) atoms. The van der Waals surface area contributed by atoms with Crippen LogP contribution in [0.3, 0.4) is 0 Å². The Labute approximate surface area is 188 Å². The number of hydrogen-bond donors (Lipinski definition) is 1. The van der Waals surface area contributed by atoms with Crippen molar-refractivity contribution in [3.8, 4) is 11.8 Å². The molecule has 3 aromatic rings. The van der Waals surface area contributed by atoms with E-state index in [1.165, 1.54) is 18.2 Å². The molecule has 0 bridgehead atoms. The zero-order chi connectivity index (χ0) is 23.1. The minimum atomic E-state index is -0.471. The van der Waals surface area contributed by atoms with Crippen molar-refractivity contribution >= 4 is 17.7 Å². The number of aryl methyl sites for hydroxylation is 2. The van der Waals surface area contributed by atoms with Gasteiger partial charge in [-0.05, 0) is 73.4 Å². The molecule has 3 aromatic carbocycles. The average molecular weight is 429 g/mol. The maximum Gasteiger partial charge on any atom is 0.266 e. The Morgan fingerprint density at radius 1 is 1.12 bits per heavy atom. The van der Waals surface area contributed by atoms with Crippen molar-refractivity contribution < 1.29 is 13.9 Å². The second kappa shape index (κ2) is 10.4. The van der Waals surface area contributed by atoms with Gasteiger partial charge in [0.05, 0.1) is 6.61 Å². The van der Waals surface area contributed by atoms with E-state index in [1.807, 2.05) is 63.2 Å². The number of anilines is 1. The van der Waals surface area contributed by atoms with Crippen molar-refractivity contribution in [1.29, 1.82) is 5.26 Å². The second-order valence-corrected chi connectivity index (χ2v) is 7.55. The molecule has 0 saturated carbocycles. The maximum atomic E-state index is 13.5. The largest absolute Gasteiger partial charge is 0.494 e. The van der Waals surface area contributed by atoms with Crippen LogP contribution in [0.2, 0.25) is 0 Å². The summed E-state index contributed by atoms with van der Waals surface area (Å²) < 4.78 is 19.3. The van der Waals surface area contributed by atoms with Crippen LogP contribution in [0.1, 0.15) is 34.7 Å². The van der Waals surface area contributed by atoms with Crippen molar-refractivity contribution in [3.05, 3.63) is 99.9 Å². The van der Waals surface area contributed by atoms with E-state index in [-0.39, 0.29) is 11.4 Å². The molecule has 4 nitrogen and oxygen atoms in total. The van der Waals surface area contributed by atoms with Crippen LogP contribution in [0.25, 0.3) is 6.08 Å². The highest BCUT2D eigenvalue weighted by molar-refractivity contribution is 6.10. The Balaban J connectivity index is 1.85. The van der Waals surface area contributed by atoms with Crippen LogP contribution < -0.4 is 10.1 Å². The summed E-state index contributed by atoms with van der Waals surface area (Å²) in [6.45, 7) is 6.23. The molecule has 0 aliphatic rings.